The number of rotatable bonds is 3. The predicted molar refractivity (Wildman–Crippen MR) is 56.1 cm³/mol. The van der Waals surface area contributed by atoms with Gasteiger partial charge in [0, 0.05) is 6.61 Å². The lowest BCUT2D eigenvalue weighted by molar-refractivity contribution is 0.129. The van der Waals surface area contributed by atoms with Gasteiger partial charge in [-0.2, -0.15) is 5.26 Å². The maximum atomic E-state index is 8.89. The SMILES string of the molecule is CCOCc1nc2c(C#N)cccc2[nH]1. The second-order valence-corrected chi connectivity index (χ2v) is 3.13. The molecule has 0 aliphatic rings. The van der Waals surface area contributed by atoms with Crippen molar-refractivity contribution in [1.82, 2.24) is 9.97 Å². The van der Waals surface area contributed by atoms with Gasteiger partial charge in [-0.05, 0) is 19.1 Å². The van der Waals surface area contributed by atoms with Gasteiger partial charge in [0.05, 0.1) is 11.1 Å². The Morgan fingerprint density at radius 1 is 1.53 bits per heavy atom. The number of H-pyrrole nitrogens is 1. The second kappa shape index (κ2) is 4.11. The summed E-state index contributed by atoms with van der Waals surface area (Å²) >= 11 is 0. The third-order valence-electron chi connectivity index (χ3n) is 2.13. The van der Waals surface area contributed by atoms with Crippen LogP contribution in [0.1, 0.15) is 18.3 Å². The molecule has 76 valence electrons. The maximum absolute atomic E-state index is 8.89. The van der Waals surface area contributed by atoms with Crippen molar-refractivity contribution in [1.29, 1.82) is 5.26 Å². The van der Waals surface area contributed by atoms with E-state index >= 15 is 0 Å². The zero-order valence-electron chi connectivity index (χ0n) is 8.45. The minimum atomic E-state index is 0.454. The number of para-hydroxylation sites is 1. The highest BCUT2D eigenvalue weighted by Crippen LogP contribution is 2.15. The highest BCUT2D eigenvalue weighted by molar-refractivity contribution is 5.81. The molecule has 1 N–H and O–H groups in total. The van der Waals surface area contributed by atoms with Crippen molar-refractivity contribution in [3.05, 3.63) is 29.6 Å². The second-order valence-electron chi connectivity index (χ2n) is 3.13. The quantitative estimate of drug-likeness (QED) is 0.825. The number of nitriles is 1. The summed E-state index contributed by atoms with van der Waals surface area (Å²) in [6.07, 6.45) is 0. The first-order valence-corrected chi connectivity index (χ1v) is 4.80. The van der Waals surface area contributed by atoms with E-state index in [-0.39, 0.29) is 0 Å². The third kappa shape index (κ3) is 1.83. The van der Waals surface area contributed by atoms with Crippen LogP contribution in [0.5, 0.6) is 0 Å². The molecule has 1 aromatic heterocycles. The van der Waals surface area contributed by atoms with Gasteiger partial charge in [0.15, 0.2) is 0 Å². The van der Waals surface area contributed by atoms with Gasteiger partial charge in [-0.3, -0.25) is 0 Å². The van der Waals surface area contributed by atoms with E-state index in [1.165, 1.54) is 0 Å². The minimum absolute atomic E-state index is 0.454. The van der Waals surface area contributed by atoms with Crippen molar-refractivity contribution in [3.8, 4) is 6.07 Å². The average Bonchev–Trinajstić information content (AvgIpc) is 2.68. The number of aromatic amines is 1. The minimum Gasteiger partial charge on any atom is -0.374 e. The van der Waals surface area contributed by atoms with Gasteiger partial charge in [-0.25, -0.2) is 4.98 Å². The van der Waals surface area contributed by atoms with Crippen molar-refractivity contribution in [3.63, 3.8) is 0 Å². The van der Waals surface area contributed by atoms with Gasteiger partial charge >= 0.3 is 0 Å². The van der Waals surface area contributed by atoms with Crippen molar-refractivity contribution >= 4 is 11.0 Å². The molecular formula is C11H11N3O. The Labute approximate surface area is 87.5 Å². The molecule has 15 heavy (non-hydrogen) atoms. The van der Waals surface area contributed by atoms with Crippen LogP contribution in [0.4, 0.5) is 0 Å². The summed E-state index contributed by atoms with van der Waals surface area (Å²) in [7, 11) is 0. The average molecular weight is 201 g/mol. The summed E-state index contributed by atoms with van der Waals surface area (Å²) in [5, 5.41) is 8.89. The number of nitrogens with one attached hydrogen (secondary N) is 1. The Kier molecular flexibility index (Phi) is 2.66. The molecule has 0 fully saturated rings. The number of nitrogens with zero attached hydrogens (tertiary/aromatic N) is 2. The first-order chi connectivity index (χ1) is 7.35. The summed E-state index contributed by atoms with van der Waals surface area (Å²) in [4.78, 5) is 7.44. The van der Waals surface area contributed by atoms with E-state index in [4.69, 9.17) is 10.00 Å². The number of hydrogen-bond donors (Lipinski definition) is 1. The van der Waals surface area contributed by atoms with Crippen LogP contribution in [0.25, 0.3) is 11.0 Å². The number of benzene rings is 1. The number of imidazole rings is 1. The Balaban J connectivity index is 2.42. The Morgan fingerprint density at radius 3 is 3.13 bits per heavy atom. The van der Waals surface area contributed by atoms with Gasteiger partial charge in [0.2, 0.25) is 0 Å². The maximum Gasteiger partial charge on any atom is 0.133 e. The molecule has 2 rings (SSSR count). The monoisotopic (exact) mass is 201 g/mol. The lowest BCUT2D eigenvalue weighted by Crippen LogP contribution is -1.93. The molecule has 0 saturated heterocycles. The molecule has 0 aliphatic heterocycles. The molecule has 0 amide bonds. The predicted octanol–water partition coefficient (Wildman–Crippen LogP) is 1.97. The summed E-state index contributed by atoms with van der Waals surface area (Å²) in [6, 6.07) is 7.61. The van der Waals surface area contributed by atoms with Crippen LogP contribution in [0, 0.1) is 11.3 Å². The summed E-state index contributed by atoms with van der Waals surface area (Å²) in [5.74, 6) is 0.759. The molecule has 4 heteroatoms. The first-order valence-electron chi connectivity index (χ1n) is 4.80. The molecule has 0 spiro atoms. The van der Waals surface area contributed by atoms with Crippen LogP contribution in [-0.4, -0.2) is 16.6 Å². The summed E-state index contributed by atoms with van der Waals surface area (Å²) in [5.41, 5.74) is 2.19. The van der Waals surface area contributed by atoms with Crippen LogP contribution in [0.2, 0.25) is 0 Å². The molecular weight excluding hydrogens is 190 g/mol. The molecule has 1 aromatic carbocycles. The smallest absolute Gasteiger partial charge is 0.133 e. The van der Waals surface area contributed by atoms with Crippen molar-refractivity contribution < 1.29 is 4.74 Å². The van der Waals surface area contributed by atoms with E-state index in [1.54, 1.807) is 6.07 Å². The first kappa shape index (κ1) is 9.69. The molecule has 0 saturated carbocycles. The van der Waals surface area contributed by atoms with Crippen LogP contribution >= 0.6 is 0 Å². The lowest BCUT2D eigenvalue weighted by atomic mass is 10.2. The van der Waals surface area contributed by atoms with Crippen molar-refractivity contribution in [2.45, 2.75) is 13.5 Å². The number of hydrogen-bond acceptors (Lipinski definition) is 3. The third-order valence-corrected chi connectivity index (χ3v) is 2.13. The van der Waals surface area contributed by atoms with E-state index in [0.29, 0.717) is 18.8 Å². The Bertz CT molecular complexity index is 510. The number of aromatic nitrogens is 2. The standard InChI is InChI=1S/C11H11N3O/c1-2-15-7-10-13-9-5-3-4-8(6-12)11(9)14-10/h3-5H,2,7H2,1H3,(H,13,14). The molecule has 0 unspecified atom stereocenters. The van der Waals surface area contributed by atoms with E-state index in [0.717, 1.165) is 16.9 Å². The molecule has 4 nitrogen and oxygen atoms in total. The van der Waals surface area contributed by atoms with Gasteiger partial charge in [0.1, 0.15) is 24.0 Å². The topological polar surface area (TPSA) is 61.7 Å². The number of ether oxygens (including phenoxy) is 1. The highest BCUT2D eigenvalue weighted by Gasteiger charge is 2.06. The Hall–Kier alpha value is -1.86. The van der Waals surface area contributed by atoms with E-state index < -0.39 is 0 Å². The summed E-state index contributed by atoms with van der Waals surface area (Å²) in [6.45, 7) is 3.04. The van der Waals surface area contributed by atoms with E-state index in [2.05, 4.69) is 16.0 Å². The number of fused-ring (bicyclic) bond motifs is 1. The van der Waals surface area contributed by atoms with Gasteiger partial charge in [-0.1, -0.05) is 6.07 Å². The Morgan fingerprint density at radius 2 is 2.40 bits per heavy atom. The zero-order valence-corrected chi connectivity index (χ0v) is 8.45. The van der Waals surface area contributed by atoms with Crippen LogP contribution in [-0.2, 0) is 11.3 Å². The fourth-order valence-corrected chi connectivity index (χ4v) is 1.44. The zero-order chi connectivity index (χ0) is 10.7. The summed E-state index contributed by atoms with van der Waals surface area (Å²) < 4.78 is 5.25. The normalized spacial score (nSPS) is 10.4. The van der Waals surface area contributed by atoms with Gasteiger partial charge in [-0.15, -0.1) is 0 Å². The van der Waals surface area contributed by atoms with Crippen molar-refractivity contribution in [2.75, 3.05) is 6.61 Å². The fraction of sp³-hybridized carbons (Fsp3) is 0.273. The fourth-order valence-electron chi connectivity index (χ4n) is 1.44. The van der Waals surface area contributed by atoms with Crippen LogP contribution < -0.4 is 0 Å². The van der Waals surface area contributed by atoms with Crippen LogP contribution in [0.15, 0.2) is 18.2 Å². The lowest BCUT2D eigenvalue weighted by Gasteiger charge is -1.94. The van der Waals surface area contributed by atoms with E-state index in [9.17, 15) is 0 Å². The molecule has 1 heterocycles. The molecule has 0 atom stereocenters. The molecule has 0 radical (unpaired) electrons. The van der Waals surface area contributed by atoms with Crippen LogP contribution in [0.3, 0.4) is 0 Å². The molecule has 0 bridgehead atoms. The van der Waals surface area contributed by atoms with E-state index in [1.807, 2.05) is 19.1 Å². The molecule has 0 aliphatic carbocycles. The van der Waals surface area contributed by atoms with Gasteiger partial charge in [0.25, 0.3) is 0 Å². The largest absolute Gasteiger partial charge is 0.374 e. The van der Waals surface area contributed by atoms with Gasteiger partial charge < -0.3 is 9.72 Å². The highest BCUT2D eigenvalue weighted by atomic mass is 16.5. The molecule has 2 aromatic rings. The van der Waals surface area contributed by atoms with Crippen molar-refractivity contribution in [2.24, 2.45) is 0 Å².